The van der Waals surface area contributed by atoms with Gasteiger partial charge in [0.15, 0.2) is 0 Å². The molecule has 2 heterocycles. The minimum absolute atomic E-state index is 0.0134. The van der Waals surface area contributed by atoms with Gasteiger partial charge >= 0.3 is 6.09 Å². The van der Waals surface area contributed by atoms with Crippen molar-refractivity contribution in [3.05, 3.63) is 11.1 Å². The van der Waals surface area contributed by atoms with E-state index < -0.39 is 18.3 Å². The molecule has 0 spiro atoms. The molecular weight excluding hydrogens is 251 g/mol. The molecule has 1 fully saturated rings. The Balaban J connectivity index is 2.39. The van der Waals surface area contributed by atoms with Crippen LogP contribution in [-0.2, 0) is 4.74 Å². The summed E-state index contributed by atoms with van der Waals surface area (Å²) in [5, 5.41) is -0.0440. The van der Waals surface area contributed by atoms with Crippen LogP contribution in [0, 0.1) is 6.92 Å². The monoisotopic (exact) mass is 260 g/mol. The lowest BCUT2D eigenvalue weighted by Gasteiger charge is -2.20. The summed E-state index contributed by atoms with van der Waals surface area (Å²) in [6.07, 6.45) is -1.93. The van der Waals surface area contributed by atoms with Crippen LogP contribution in [0.1, 0.15) is 12.7 Å². The number of rotatable bonds is 2. The van der Waals surface area contributed by atoms with Crippen molar-refractivity contribution in [2.45, 2.75) is 26.1 Å². The predicted octanol–water partition coefficient (Wildman–Crippen LogP) is 1.52. The number of amides is 1. The number of cyclic esters (lactones) is 1. The number of hydrogen-bond acceptors (Lipinski definition) is 5. The van der Waals surface area contributed by atoms with Crippen LogP contribution >= 0.6 is 11.6 Å². The molecule has 1 amide bonds. The van der Waals surface area contributed by atoms with E-state index >= 15 is 0 Å². The van der Waals surface area contributed by atoms with Crippen LogP contribution in [0.3, 0.4) is 0 Å². The quantitative estimate of drug-likeness (QED) is 0.806. The van der Waals surface area contributed by atoms with Crippen molar-refractivity contribution in [1.82, 2.24) is 15.0 Å². The average Bonchev–Trinajstić information content (AvgIpc) is 2.58. The third-order valence-electron chi connectivity index (χ3n) is 2.36. The molecule has 0 N–H and O–H groups in total. The van der Waals surface area contributed by atoms with E-state index in [0.29, 0.717) is 5.82 Å². The summed E-state index contributed by atoms with van der Waals surface area (Å²) in [6.45, 7) is 2.92. The first-order chi connectivity index (χ1) is 7.99. The van der Waals surface area contributed by atoms with Crippen molar-refractivity contribution in [2.75, 3.05) is 11.5 Å². The minimum atomic E-state index is -1.25. The molecule has 17 heavy (non-hydrogen) atoms. The van der Waals surface area contributed by atoms with Gasteiger partial charge in [-0.2, -0.15) is 9.97 Å². The lowest BCUT2D eigenvalue weighted by Crippen LogP contribution is -2.40. The number of hydrogen-bond donors (Lipinski definition) is 0. The van der Waals surface area contributed by atoms with Gasteiger partial charge in [-0.25, -0.2) is 19.1 Å². The average molecular weight is 261 g/mol. The number of anilines is 1. The third kappa shape index (κ3) is 2.28. The first kappa shape index (κ1) is 12.0. The van der Waals surface area contributed by atoms with Gasteiger partial charge in [0.1, 0.15) is 24.6 Å². The molecule has 6 nitrogen and oxygen atoms in total. The fourth-order valence-corrected chi connectivity index (χ4v) is 1.75. The van der Waals surface area contributed by atoms with Gasteiger partial charge in [-0.3, -0.25) is 0 Å². The normalized spacial score (nSPS) is 21.5. The van der Waals surface area contributed by atoms with Gasteiger partial charge in [0.25, 0.3) is 0 Å². The van der Waals surface area contributed by atoms with Crippen molar-refractivity contribution in [3.8, 4) is 0 Å². The molecule has 0 radical (unpaired) electrons. The summed E-state index contributed by atoms with van der Waals surface area (Å²) in [7, 11) is 0. The summed E-state index contributed by atoms with van der Waals surface area (Å²) in [5.74, 6) is 0.365. The van der Waals surface area contributed by atoms with Crippen LogP contribution in [0.15, 0.2) is 0 Å². The molecule has 0 saturated carbocycles. The minimum Gasteiger partial charge on any atom is -0.447 e. The number of alkyl halides is 1. The van der Waals surface area contributed by atoms with E-state index in [1.165, 1.54) is 6.92 Å². The zero-order chi connectivity index (χ0) is 12.6. The Morgan fingerprint density at radius 3 is 2.82 bits per heavy atom. The molecule has 0 aliphatic carbocycles. The van der Waals surface area contributed by atoms with E-state index in [9.17, 15) is 9.18 Å². The standard InChI is InChI=1S/C9H10ClFN4O2/c1-4(11)6-3-17-9(16)15(6)8-13-5(2)12-7(10)14-8/h4,6H,3H2,1-2H3/t4-,6?/m0/s1. The van der Waals surface area contributed by atoms with Crippen LogP contribution in [0.25, 0.3) is 0 Å². The van der Waals surface area contributed by atoms with E-state index in [0.717, 1.165) is 4.90 Å². The van der Waals surface area contributed by atoms with Gasteiger partial charge in [0.2, 0.25) is 11.2 Å². The molecule has 2 rings (SSSR count). The van der Waals surface area contributed by atoms with E-state index in [-0.39, 0.29) is 17.8 Å². The highest BCUT2D eigenvalue weighted by Gasteiger charge is 2.40. The summed E-state index contributed by atoms with van der Waals surface area (Å²) in [6, 6.07) is -0.736. The fraction of sp³-hybridized carbons (Fsp3) is 0.556. The maximum absolute atomic E-state index is 13.3. The molecule has 0 aromatic carbocycles. The molecule has 2 atom stereocenters. The molecular formula is C9H10ClFN4O2. The summed E-state index contributed by atoms with van der Waals surface area (Å²) in [5.41, 5.74) is 0. The first-order valence-corrected chi connectivity index (χ1v) is 5.35. The number of aromatic nitrogens is 3. The van der Waals surface area contributed by atoms with E-state index in [2.05, 4.69) is 15.0 Å². The lowest BCUT2D eigenvalue weighted by molar-refractivity contribution is 0.174. The highest BCUT2D eigenvalue weighted by molar-refractivity contribution is 6.28. The lowest BCUT2D eigenvalue weighted by atomic mass is 10.2. The Morgan fingerprint density at radius 2 is 2.24 bits per heavy atom. The molecule has 8 heteroatoms. The number of carbonyl (C=O) groups is 1. The van der Waals surface area contributed by atoms with Gasteiger partial charge in [-0.15, -0.1) is 0 Å². The van der Waals surface area contributed by atoms with Crippen molar-refractivity contribution in [2.24, 2.45) is 0 Å². The Morgan fingerprint density at radius 1 is 1.53 bits per heavy atom. The molecule has 1 saturated heterocycles. The molecule has 92 valence electrons. The van der Waals surface area contributed by atoms with Crippen LogP contribution in [0.4, 0.5) is 15.1 Å². The topological polar surface area (TPSA) is 68.2 Å². The summed E-state index contributed by atoms with van der Waals surface area (Å²) < 4.78 is 18.1. The van der Waals surface area contributed by atoms with Gasteiger partial charge < -0.3 is 4.74 Å². The molecule has 1 aromatic heterocycles. The van der Waals surface area contributed by atoms with Crippen LogP contribution in [-0.4, -0.2) is 39.9 Å². The smallest absolute Gasteiger partial charge is 0.417 e. The fourth-order valence-electron chi connectivity index (χ4n) is 1.55. The third-order valence-corrected chi connectivity index (χ3v) is 2.53. The number of ether oxygens (including phenoxy) is 1. The SMILES string of the molecule is Cc1nc(Cl)nc(N2C(=O)OCC2[C@H](C)F)n1. The zero-order valence-corrected chi connectivity index (χ0v) is 9.98. The Labute approximate surface area is 102 Å². The van der Waals surface area contributed by atoms with E-state index in [4.69, 9.17) is 16.3 Å². The van der Waals surface area contributed by atoms with Crippen LogP contribution in [0.2, 0.25) is 5.28 Å². The van der Waals surface area contributed by atoms with Crippen LogP contribution < -0.4 is 4.90 Å². The maximum atomic E-state index is 13.3. The molecule has 1 aromatic rings. The second-order valence-electron chi connectivity index (χ2n) is 3.64. The Kier molecular flexibility index (Phi) is 3.10. The van der Waals surface area contributed by atoms with Gasteiger partial charge in [0.05, 0.1) is 0 Å². The first-order valence-electron chi connectivity index (χ1n) is 4.97. The van der Waals surface area contributed by atoms with E-state index in [1.807, 2.05) is 0 Å². The second kappa shape index (κ2) is 4.40. The predicted molar refractivity (Wildman–Crippen MR) is 57.8 cm³/mol. The Hall–Kier alpha value is -1.50. The Bertz CT molecular complexity index is 436. The van der Waals surface area contributed by atoms with Gasteiger partial charge in [-0.1, -0.05) is 0 Å². The van der Waals surface area contributed by atoms with Crippen LogP contribution in [0.5, 0.6) is 0 Å². The maximum Gasteiger partial charge on any atom is 0.417 e. The second-order valence-corrected chi connectivity index (χ2v) is 3.98. The number of aryl methyl sites for hydroxylation is 1. The zero-order valence-electron chi connectivity index (χ0n) is 9.22. The number of nitrogens with zero attached hydrogens (tertiary/aromatic N) is 4. The van der Waals surface area contributed by atoms with Gasteiger partial charge in [0, 0.05) is 0 Å². The van der Waals surface area contributed by atoms with Crippen molar-refractivity contribution in [3.63, 3.8) is 0 Å². The number of halogens is 2. The molecule has 0 bridgehead atoms. The van der Waals surface area contributed by atoms with E-state index in [1.54, 1.807) is 6.92 Å². The molecule has 1 unspecified atom stereocenters. The highest BCUT2D eigenvalue weighted by atomic mass is 35.5. The summed E-state index contributed by atoms with van der Waals surface area (Å²) >= 11 is 5.67. The van der Waals surface area contributed by atoms with Crippen molar-refractivity contribution in [1.29, 1.82) is 0 Å². The van der Waals surface area contributed by atoms with Crippen molar-refractivity contribution < 1.29 is 13.9 Å². The number of carbonyl (C=O) groups excluding carboxylic acids is 1. The molecule has 1 aliphatic rings. The largest absolute Gasteiger partial charge is 0.447 e. The highest BCUT2D eigenvalue weighted by Crippen LogP contribution is 2.23. The van der Waals surface area contributed by atoms with Crippen molar-refractivity contribution >= 4 is 23.6 Å². The van der Waals surface area contributed by atoms with Gasteiger partial charge in [-0.05, 0) is 25.4 Å². The molecule has 1 aliphatic heterocycles. The summed E-state index contributed by atoms with van der Waals surface area (Å²) in [4.78, 5) is 24.1.